The molecule has 1 aliphatic rings. The van der Waals surface area contributed by atoms with Crippen LogP contribution in [0.4, 0.5) is 18.9 Å². The van der Waals surface area contributed by atoms with Gasteiger partial charge >= 0.3 is 6.18 Å². The highest BCUT2D eigenvalue weighted by Gasteiger charge is 2.30. The van der Waals surface area contributed by atoms with Crippen LogP contribution in [0.1, 0.15) is 67.7 Å². The molecule has 1 aliphatic carbocycles. The summed E-state index contributed by atoms with van der Waals surface area (Å²) in [6, 6.07) is 16.7. The quantitative estimate of drug-likeness (QED) is 0.253. The Hall–Kier alpha value is -3.06. The van der Waals surface area contributed by atoms with Gasteiger partial charge in [0.25, 0.3) is 0 Å². The van der Waals surface area contributed by atoms with Gasteiger partial charge in [-0.25, -0.2) is 0 Å². The SMILES string of the molecule is CCCN(CCCc1cncc(OC2CCC(Nc3ccc(C)cc3)CC2)c1)Cc1ccc(C(F)(F)F)cc1. The van der Waals surface area contributed by atoms with E-state index < -0.39 is 11.7 Å². The minimum Gasteiger partial charge on any atom is -0.489 e. The number of halogens is 3. The summed E-state index contributed by atoms with van der Waals surface area (Å²) in [5.74, 6) is 0.831. The fourth-order valence-corrected chi connectivity index (χ4v) is 5.22. The molecule has 1 saturated carbocycles. The number of aryl methyl sites for hydroxylation is 2. The van der Waals surface area contributed by atoms with Crippen LogP contribution in [0.15, 0.2) is 67.0 Å². The van der Waals surface area contributed by atoms with Crippen LogP contribution >= 0.6 is 0 Å². The summed E-state index contributed by atoms with van der Waals surface area (Å²) < 4.78 is 44.9. The number of ether oxygens (including phenoxy) is 1. The lowest BCUT2D eigenvalue weighted by Gasteiger charge is -2.30. The van der Waals surface area contributed by atoms with E-state index in [1.807, 2.05) is 6.20 Å². The van der Waals surface area contributed by atoms with Crippen LogP contribution in [0.25, 0.3) is 0 Å². The fourth-order valence-electron chi connectivity index (χ4n) is 5.22. The molecule has 210 valence electrons. The molecule has 1 heterocycles. The maximum atomic E-state index is 12.9. The second kappa shape index (κ2) is 13.8. The van der Waals surface area contributed by atoms with Crippen molar-refractivity contribution in [3.63, 3.8) is 0 Å². The van der Waals surface area contributed by atoms with Crippen LogP contribution in [-0.4, -0.2) is 35.1 Å². The summed E-state index contributed by atoms with van der Waals surface area (Å²) in [6.07, 6.45) is 6.63. The van der Waals surface area contributed by atoms with Crippen molar-refractivity contribution in [2.45, 2.75) is 83.7 Å². The molecule has 1 N–H and O–H groups in total. The Kier molecular flexibility index (Phi) is 10.3. The molecule has 3 aromatic rings. The monoisotopic (exact) mass is 539 g/mol. The standard InChI is InChI=1S/C32H40F3N3O/c1-3-18-38(23-25-8-10-27(11-9-25)32(33,34)35)19-4-5-26-20-31(22-36-21-26)39-30-16-14-29(15-17-30)37-28-12-6-24(2)7-13-28/h6-13,20-22,29-30,37H,3-5,14-19,23H2,1-2H3. The number of hydrogen-bond acceptors (Lipinski definition) is 4. The number of rotatable bonds is 12. The molecule has 2 aromatic carbocycles. The third-order valence-electron chi connectivity index (χ3n) is 7.34. The van der Waals surface area contributed by atoms with Crippen LogP contribution in [0.2, 0.25) is 0 Å². The molecule has 4 nitrogen and oxygen atoms in total. The molecule has 1 aromatic heterocycles. The zero-order valence-electron chi connectivity index (χ0n) is 23.0. The first-order chi connectivity index (χ1) is 18.8. The number of benzene rings is 2. The number of nitrogens with one attached hydrogen (secondary N) is 1. The molecule has 39 heavy (non-hydrogen) atoms. The first kappa shape index (κ1) is 28.9. The second-order valence-corrected chi connectivity index (χ2v) is 10.7. The first-order valence-corrected chi connectivity index (χ1v) is 14.1. The van der Waals surface area contributed by atoms with E-state index in [-0.39, 0.29) is 6.10 Å². The Morgan fingerprint density at radius 1 is 0.923 bits per heavy atom. The maximum absolute atomic E-state index is 12.9. The topological polar surface area (TPSA) is 37.4 Å². The fraction of sp³-hybridized carbons (Fsp3) is 0.469. The molecule has 7 heteroatoms. The predicted octanol–water partition coefficient (Wildman–Crippen LogP) is 8.06. The minimum absolute atomic E-state index is 0.210. The molecule has 0 radical (unpaired) electrons. The smallest absolute Gasteiger partial charge is 0.416 e. The van der Waals surface area contributed by atoms with E-state index in [0.717, 1.165) is 74.9 Å². The molecule has 0 amide bonds. The Morgan fingerprint density at radius 2 is 1.64 bits per heavy atom. The van der Waals surface area contributed by atoms with Crippen molar-refractivity contribution in [2.75, 3.05) is 18.4 Å². The summed E-state index contributed by atoms with van der Waals surface area (Å²) >= 11 is 0. The average Bonchev–Trinajstić information content (AvgIpc) is 2.91. The lowest BCUT2D eigenvalue weighted by Crippen LogP contribution is -2.31. The van der Waals surface area contributed by atoms with Gasteiger partial charge in [-0.15, -0.1) is 0 Å². The van der Waals surface area contributed by atoms with E-state index in [1.165, 1.54) is 23.4 Å². The Bertz CT molecular complexity index is 1140. The second-order valence-electron chi connectivity index (χ2n) is 10.7. The molecular weight excluding hydrogens is 499 g/mol. The third-order valence-corrected chi connectivity index (χ3v) is 7.34. The zero-order chi connectivity index (χ0) is 27.7. The van der Waals surface area contributed by atoms with Crippen molar-refractivity contribution < 1.29 is 17.9 Å². The van der Waals surface area contributed by atoms with Crippen molar-refractivity contribution in [3.8, 4) is 5.75 Å². The highest BCUT2D eigenvalue weighted by Crippen LogP contribution is 2.29. The van der Waals surface area contributed by atoms with Crippen molar-refractivity contribution in [2.24, 2.45) is 0 Å². The van der Waals surface area contributed by atoms with Crippen LogP contribution in [0.5, 0.6) is 5.75 Å². The average molecular weight is 540 g/mol. The highest BCUT2D eigenvalue weighted by molar-refractivity contribution is 5.45. The van der Waals surface area contributed by atoms with Gasteiger partial charge in [0.1, 0.15) is 5.75 Å². The van der Waals surface area contributed by atoms with Crippen molar-refractivity contribution >= 4 is 5.69 Å². The van der Waals surface area contributed by atoms with E-state index in [1.54, 1.807) is 18.3 Å². The molecule has 0 atom stereocenters. The summed E-state index contributed by atoms with van der Waals surface area (Å²) in [4.78, 5) is 6.72. The summed E-state index contributed by atoms with van der Waals surface area (Å²) in [6.45, 7) is 6.65. The molecule has 1 fully saturated rings. The van der Waals surface area contributed by atoms with Crippen LogP contribution in [-0.2, 0) is 19.1 Å². The molecule has 0 unspecified atom stereocenters. The van der Waals surface area contributed by atoms with Gasteiger partial charge in [0.15, 0.2) is 0 Å². The number of pyridine rings is 1. The van der Waals surface area contributed by atoms with Crippen LogP contribution in [0, 0.1) is 6.92 Å². The molecule has 0 spiro atoms. The first-order valence-electron chi connectivity index (χ1n) is 14.1. The van der Waals surface area contributed by atoms with E-state index in [0.29, 0.717) is 12.6 Å². The molecule has 0 aliphatic heterocycles. The van der Waals surface area contributed by atoms with Gasteiger partial charge in [0.05, 0.1) is 17.9 Å². The van der Waals surface area contributed by atoms with Gasteiger partial charge in [-0.3, -0.25) is 9.88 Å². The number of nitrogens with zero attached hydrogens (tertiary/aromatic N) is 2. The van der Waals surface area contributed by atoms with E-state index >= 15 is 0 Å². The Labute approximate surface area is 230 Å². The number of anilines is 1. The van der Waals surface area contributed by atoms with Gasteiger partial charge in [0.2, 0.25) is 0 Å². The molecule has 0 bridgehead atoms. The molecule has 4 rings (SSSR count). The summed E-state index contributed by atoms with van der Waals surface area (Å²) in [7, 11) is 0. The summed E-state index contributed by atoms with van der Waals surface area (Å²) in [5, 5.41) is 3.65. The molecular formula is C32H40F3N3O. The van der Waals surface area contributed by atoms with Gasteiger partial charge < -0.3 is 10.1 Å². The normalized spacial score (nSPS) is 17.8. The number of aromatic nitrogens is 1. The zero-order valence-corrected chi connectivity index (χ0v) is 23.0. The van der Waals surface area contributed by atoms with E-state index in [2.05, 4.69) is 59.4 Å². The third kappa shape index (κ3) is 9.27. The van der Waals surface area contributed by atoms with E-state index in [9.17, 15) is 13.2 Å². The van der Waals surface area contributed by atoms with Crippen LogP contribution in [0.3, 0.4) is 0 Å². The largest absolute Gasteiger partial charge is 0.489 e. The summed E-state index contributed by atoms with van der Waals surface area (Å²) in [5.41, 5.74) is 3.89. The lowest BCUT2D eigenvalue weighted by molar-refractivity contribution is -0.137. The van der Waals surface area contributed by atoms with Gasteiger partial charge in [0, 0.05) is 24.5 Å². The van der Waals surface area contributed by atoms with Crippen molar-refractivity contribution in [1.29, 1.82) is 0 Å². The maximum Gasteiger partial charge on any atom is 0.416 e. The Morgan fingerprint density at radius 3 is 2.31 bits per heavy atom. The predicted molar refractivity (Wildman–Crippen MR) is 151 cm³/mol. The van der Waals surface area contributed by atoms with Crippen LogP contribution < -0.4 is 10.1 Å². The Balaban J connectivity index is 1.21. The lowest BCUT2D eigenvalue weighted by atomic mass is 9.92. The van der Waals surface area contributed by atoms with E-state index in [4.69, 9.17) is 4.74 Å². The molecule has 0 saturated heterocycles. The van der Waals surface area contributed by atoms with Gasteiger partial charge in [-0.1, -0.05) is 36.8 Å². The minimum atomic E-state index is -4.30. The highest BCUT2D eigenvalue weighted by atomic mass is 19.4. The number of alkyl halides is 3. The van der Waals surface area contributed by atoms with Gasteiger partial charge in [-0.2, -0.15) is 13.2 Å². The van der Waals surface area contributed by atoms with Gasteiger partial charge in [-0.05, 0) is 106 Å². The number of hydrogen-bond donors (Lipinski definition) is 1. The van der Waals surface area contributed by atoms with Crippen molar-refractivity contribution in [1.82, 2.24) is 9.88 Å². The van der Waals surface area contributed by atoms with Crippen molar-refractivity contribution in [3.05, 3.63) is 89.2 Å².